The predicted octanol–water partition coefficient (Wildman–Crippen LogP) is 1.42. The summed E-state index contributed by atoms with van der Waals surface area (Å²) in [5.41, 5.74) is 0. The lowest BCUT2D eigenvalue weighted by atomic mass is 10.4. The van der Waals surface area contributed by atoms with Gasteiger partial charge in [0.25, 0.3) is 0 Å². The lowest BCUT2D eigenvalue weighted by molar-refractivity contribution is 0.564. The molecule has 3 nitrogen and oxygen atoms in total. The second-order valence-corrected chi connectivity index (χ2v) is 5.33. The SMILES string of the molecule is CCNC(C)S(=O)(=O)c1ccccc1. The molecule has 0 aliphatic rings. The number of benzene rings is 1. The summed E-state index contributed by atoms with van der Waals surface area (Å²) in [7, 11) is -3.21. The summed E-state index contributed by atoms with van der Waals surface area (Å²) in [6, 6.07) is 8.49. The van der Waals surface area contributed by atoms with E-state index in [2.05, 4.69) is 5.32 Å². The monoisotopic (exact) mass is 213 g/mol. The predicted molar refractivity (Wildman–Crippen MR) is 56.8 cm³/mol. The third-order valence-corrected chi connectivity index (χ3v) is 4.06. The molecule has 0 aliphatic carbocycles. The van der Waals surface area contributed by atoms with Gasteiger partial charge in [-0.05, 0) is 25.6 Å². The van der Waals surface area contributed by atoms with Gasteiger partial charge in [0.05, 0.1) is 4.90 Å². The normalized spacial score (nSPS) is 13.9. The molecular formula is C10H15NO2S. The summed E-state index contributed by atoms with van der Waals surface area (Å²) in [6.07, 6.45) is 0. The molecule has 1 aromatic carbocycles. The number of hydrogen-bond donors (Lipinski definition) is 1. The van der Waals surface area contributed by atoms with Crippen molar-refractivity contribution in [1.29, 1.82) is 0 Å². The molecule has 0 saturated heterocycles. The van der Waals surface area contributed by atoms with Crippen molar-refractivity contribution in [3.8, 4) is 0 Å². The summed E-state index contributed by atoms with van der Waals surface area (Å²) in [4.78, 5) is 0.369. The third-order valence-electron chi connectivity index (χ3n) is 2.03. The van der Waals surface area contributed by atoms with Crippen molar-refractivity contribution in [1.82, 2.24) is 5.32 Å². The smallest absolute Gasteiger partial charge is 0.193 e. The van der Waals surface area contributed by atoms with Gasteiger partial charge >= 0.3 is 0 Å². The van der Waals surface area contributed by atoms with Crippen LogP contribution in [0, 0.1) is 0 Å². The fourth-order valence-electron chi connectivity index (χ4n) is 1.21. The van der Waals surface area contributed by atoms with Crippen LogP contribution < -0.4 is 5.32 Å². The molecule has 0 spiro atoms. The van der Waals surface area contributed by atoms with E-state index in [1.807, 2.05) is 6.92 Å². The van der Waals surface area contributed by atoms with E-state index in [4.69, 9.17) is 0 Å². The second-order valence-electron chi connectivity index (χ2n) is 3.06. The Balaban J connectivity index is 2.97. The molecular weight excluding hydrogens is 198 g/mol. The first-order valence-corrected chi connectivity index (χ1v) is 6.16. The van der Waals surface area contributed by atoms with Gasteiger partial charge in [-0.2, -0.15) is 0 Å². The maximum absolute atomic E-state index is 11.9. The van der Waals surface area contributed by atoms with Gasteiger partial charge in [-0.25, -0.2) is 8.42 Å². The Morgan fingerprint density at radius 1 is 1.29 bits per heavy atom. The molecule has 1 atom stereocenters. The lowest BCUT2D eigenvalue weighted by Gasteiger charge is -2.13. The standard InChI is InChI=1S/C10H15NO2S/c1-3-11-9(2)14(12,13)10-7-5-4-6-8-10/h4-9,11H,3H2,1-2H3. The van der Waals surface area contributed by atoms with Crippen LogP contribution in [0.2, 0.25) is 0 Å². The summed E-state index contributed by atoms with van der Waals surface area (Å²) in [6.45, 7) is 4.19. The number of sulfone groups is 1. The van der Waals surface area contributed by atoms with Crippen molar-refractivity contribution in [2.45, 2.75) is 24.1 Å². The fourth-order valence-corrected chi connectivity index (χ4v) is 2.54. The molecule has 14 heavy (non-hydrogen) atoms. The van der Waals surface area contributed by atoms with Crippen LogP contribution in [0.4, 0.5) is 0 Å². The Hall–Kier alpha value is -0.870. The summed E-state index contributed by atoms with van der Waals surface area (Å²) in [5.74, 6) is 0. The largest absolute Gasteiger partial charge is 0.301 e. The molecule has 4 heteroatoms. The minimum Gasteiger partial charge on any atom is -0.301 e. The first-order chi connectivity index (χ1) is 6.59. The quantitative estimate of drug-likeness (QED) is 0.822. The maximum atomic E-state index is 11.9. The van der Waals surface area contributed by atoms with Gasteiger partial charge in [0, 0.05) is 0 Å². The average Bonchev–Trinajstić information content (AvgIpc) is 2.19. The molecule has 1 aromatic rings. The van der Waals surface area contributed by atoms with E-state index in [1.54, 1.807) is 37.3 Å². The Labute approximate surface area is 85.1 Å². The van der Waals surface area contributed by atoms with Gasteiger partial charge in [0.2, 0.25) is 0 Å². The van der Waals surface area contributed by atoms with Gasteiger partial charge in [-0.15, -0.1) is 0 Å². The highest BCUT2D eigenvalue weighted by Crippen LogP contribution is 2.13. The topological polar surface area (TPSA) is 46.2 Å². The zero-order valence-electron chi connectivity index (χ0n) is 8.40. The molecule has 0 fully saturated rings. The molecule has 0 saturated carbocycles. The van der Waals surface area contributed by atoms with E-state index in [0.29, 0.717) is 11.4 Å². The Kier molecular flexibility index (Phi) is 3.66. The number of hydrogen-bond acceptors (Lipinski definition) is 3. The second kappa shape index (κ2) is 4.57. The van der Waals surface area contributed by atoms with E-state index >= 15 is 0 Å². The average molecular weight is 213 g/mol. The third kappa shape index (κ3) is 2.33. The highest BCUT2D eigenvalue weighted by molar-refractivity contribution is 7.92. The van der Waals surface area contributed by atoms with Crippen LogP contribution in [0.25, 0.3) is 0 Å². The summed E-state index contributed by atoms with van der Waals surface area (Å²) < 4.78 is 23.7. The first-order valence-electron chi connectivity index (χ1n) is 4.61. The van der Waals surface area contributed by atoms with Crippen molar-refractivity contribution in [2.75, 3.05) is 6.54 Å². The Morgan fingerprint density at radius 2 is 1.86 bits per heavy atom. The van der Waals surface area contributed by atoms with Crippen molar-refractivity contribution < 1.29 is 8.42 Å². The zero-order chi connectivity index (χ0) is 10.6. The van der Waals surface area contributed by atoms with Crippen molar-refractivity contribution >= 4 is 9.84 Å². The number of rotatable bonds is 4. The minimum atomic E-state index is -3.21. The highest BCUT2D eigenvalue weighted by Gasteiger charge is 2.21. The summed E-state index contributed by atoms with van der Waals surface area (Å²) in [5, 5.41) is 2.36. The summed E-state index contributed by atoms with van der Waals surface area (Å²) >= 11 is 0. The van der Waals surface area contributed by atoms with Crippen molar-refractivity contribution in [3.05, 3.63) is 30.3 Å². The van der Waals surface area contributed by atoms with Crippen LogP contribution in [-0.2, 0) is 9.84 Å². The molecule has 1 N–H and O–H groups in total. The maximum Gasteiger partial charge on any atom is 0.193 e. The van der Waals surface area contributed by atoms with Crippen LogP contribution in [0.15, 0.2) is 35.2 Å². The van der Waals surface area contributed by atoms with E-state index < -0.39 is 15.2 Å². The van der Waals surface area contributed by atoms with Gasteiger partial charge in [-0.3, -0.25) is 0 Å². The van der Waals surface area contributed by atoms with Crippen LogP contribution in [0.5, 0.6) is 0 Å². The van der Waals surface area contributed by atoms with Gasteiger partial charge in [0.15, 0.2) is 9.84 Å². The Morgan fingerprint density at radius 3 is 2.36 bits per heavy atom. The van der Waals surface area contributed by atoms with E-state index in [1.165, 1.54) is 0 Å². The van der Waals surface area contributed by atoms with Crippen LogP contribution in [-0.4, -0.2) is 20.3 Å². The van der Waals surface area contributed by atoms with Crippen molar-refractivity contribution in [3.63, 3.8) is 0 Å². The fraction of sp³-hybridized carbons (Fsp3) is 0.400. The van der Waals surface area contributed by atoms with Gasteiger partial charge < -0.3 is 5.32 Å². The lowest BCUT2D eigenvalue weighted by Crippen LogP contribution is -2.33. The van der Waals surface area contributed by atoms with Crippen LogP contribution in [0.1, 0.15) is 13.8 Å². The van der Waals surface area contributed by atoms with Crippen molar-refractivity contribution in [2.24, 2.45) is 0 Å². The number of nitrogens with one attached hydrogen (secondary N) is 1. The zero-order valence-corrected chi connectivity index (χ0v) is 9.21. The molecule has 1 unspecified atom stereocenters. The van der Waals surface area contributed by atoms with Crippen LogP contribution >= 0.6 is 0 Å². The van der Waals surface area contributed by atoms with Gasteiger partial charge in [-0.1, -0.05) is 25.1 Å². The van der Waals surface area contributed by atoms with E-state index in [-0.39, 0.29) is 0 Å². The van der Waals surface area contributed by atoms with Gasteiger partial charge in [0.1, 0.15) is 5.37 Å². The minimum absolute atomic E-state index is 0.369. The molecule has 1 rings (SSSR count). The highest BCUT2D eigenvalue weighted by atomic mass is 32.2. The molecule has 0 aromatic heterocycles. The van der Waals surface area contributed by atoms with Crippen LogP contribution in [0.3, 0.4) is 0 Å². The molecule has 0 amide bonds. The first kappa shape index (κ1) is 11.2. The van der Waals surface area contributed by atoms with E-state index in [9.17, 15) is 8.42 Å². The molecule has 0 radical (unpaired) electrons. The van der Waals surface area contributed by atoms with E-state index in [0.717, 1.165) is 0 Å². The Bertz CT molecular complexity index is 372. The molecule has 78 valence electrons. The molecule has 0 bridgehead atoms. The molecule has 0 heterocycles. The molecule has 0 aliphatic heterocycles.